The highest BCUT2D eigenvalue weighted by Gasteiger charge is 2.17. The van der Waals surface area contributed by atoms with Gasteiger partial charge in [0.1, 0.15) is 5.25 Å². The van der Waals surface area contributed by atoms with Gasteiger partial charge < -0.3 is 4.74 Å². The van der Waals surface area contributed by atoms with E-state index < -0.39 is 0 Å². The summed E-state index contributed by atoms with van der Waals surface area (Å²) < 4.78 is 4.72. The van der Waals surface area contributed by atoms with Crippen molar-refractivity contribution in [3.63, 3.8) is 0 Å². The minimum absolute atomic E-state index is 0.160. The number of nitriles is 1. The third-order valence-corrected chi connectivity index (χ3v) is 3.82. The first-order valence-electron chi connectivity index (χ1n) is 5.40. The van der Waals surface area contributed by atoms with Gasteiger partial charge in [0, 0.05) is 5.75 Å². The van der Waals surface area contributed by atoms with Crippen LogP contribution in [-0.2, 0) is 15.3 Å². The highest BCUT2D eigenvalue weighted by molar-refractivity contribution is 7.99. The van der Waals surface area contributed by atoms with Crippen molar-refractivity contribution in [2.45, 2.75) is 24.3 Å². The van der Waals surface area contributed by atoms with E-state index in [1.54, 1.807) is 6.07 Å². The topological polar surface area (TPSA) is 50.1 Å². The molecule has 0 aliphatic heterocycles. The molecular weight excluding hydrogens is 234 g/mol. The van der Waals surface area contributed by atoms with Crippen LogP contribution in [-0.4, -0.2) is 18.3 Å². The number of ether oxygens (including phenoxy) is 1. The number of carbonyl (C=O) groups excluding carboxylic acids is 1. The fraction of sp³-hybridized carbons (Fsp3) is 0.385. The van der Waals surface area contributed by atoms with Crippen LogP contribution in [0.3, 0.4) is 0 Å². The van der Waals surface area contributed by atoms with Crippen LogP contribution < -0.4 is 0 Å². The number of benzene rings is 1. The average molecular weight is 249 g/mol. The Balaban J connectivity index is 2.66. The number of nitrogens with zero attached hydrogens (tertiary/aromatic N) is 1. The number of hydrogen-bond donors (Lipinski definition) is 0. The molecule has 0 bridgehead atoms. The van der Waals surface area contributed by atoms with Crippen molar-refractivity contribution in [2.75, 3.05) is 7.11 Å². The molecule has 0 heterocycles. The third-order valence-electron chi connectivity index (χ3n) is 2.41. The fourth-order valence-corrected chi connectivity index (χ4v) is 2.53. The van der Waals surface area contributed by atoms with Crippen molar-refractivity contribution in [3.05, 3.63) is 35.4 Å². The van der Waals surface area contributed by atoms with Crippen molar-refractivity contribution in [2.24, 2.45) is 0 Å². The number of hydrogen-bond acceptors (Lipinski definition) is 4. The van der Waals surface area contributed by atoms with Gasteiger partial charge in [0.2, 0.25) is 0 Å². The molecule has 0 spiro atoms. The highest BCUT2D eigenvalue weighted by atomic mass is 32.2. The third kappa shape index (κ3) is 3.79. The number of methoxy groups -OCH3 is 1. The molecule has 0 aromatic heterocycles. The van der Waals surface area contributed by atoms with Crippen LogP contribution in [0, 0.1) is 11.3 Å². The van der Waals surface area contributed by atoms with E-state index in [0.717, 1.165) is 12.0 Å². The number of carbonyl (C=O) groups is 1. The van der Waals surface area contributed by atoms with Gasteiger partial charge in [-0.15, -0.1) is 11.8 Å². The Hall–Kier alpha value is -1.47. The summed E-state index contributed by atoms with van der Waals surface area (Å²) in [6.45, 7) is 1.95. The van der Waals surface area contributed by atoms with Gasteiger partial charge >= 0.3 is 5.97 Å². The monoisotopic (exact) mass is 249 g/mol. The lowest BCUT2D eigenvalue weighted by molar-refractivity contribution is -0.140. The first-order chi connectivity index (χ1) is 8.22. The van der Waals surface area contributed by atoms with Gasteiger partial charge in [0.15, 0.2) is 0 Å². The molecule has 1 atom stereocenters. The summed E-state index contributed by atoms with van der Waals surface area (Å²) in [4.78, 5) is 11.4. The Kier molecular flexibility index (Phi) is 5.58. The summed E-state index contributed by atoms with van der Waals surface area (Å²) in [5.41, 5.74) is 1.63. The summed E-state index contributed by atoms with van der Waals surface area (Å²) in [6, 6.07) is 9.59. The average Bonchev–Trinajstić information content (AvgIpc) is 2.39. The molecule has 1 aromatic rings. The van der Waals surface area contributed by atoms with Gasteiger partial charge in [-0.2, -0.15) is 5.26 Å². The number of thioether (sulfide) groups is 1. The van der Waals surface area contributed by atoms with Crippen LogP contribution in [0.15, 0.2) is 24.3 Å². The van der Waals surface area contributed by atoms with E-state index in [0.29, 0.717) is 11.3 Å². The van der Waals surface area contributed by atoms with Crippen LogP contribution in [0.1, 0.15) is 24.5 Å². The Bertz CT molecular complexity index is 426. The molecule has 0 aliphatic rings. The molecule has 90 valence electrons. The zero-order valence-electron chi connectivity index (χ0n) is 9.97. The molecule has 0 saturated heterocycles. The molecule has 3 nitrogen and oxygen atoms in total. The Morgan fingerprint density at radius 1 is 1.53 bits per heavy atom. The zero-order valence-corrected chi connectivity index (χ0v) is 10.8. The molecule has 4 heteroatoms. The van der Waals surface area contributed by atoms with Crippen molar-refractivity contribution < 1.29 is 9.53 Å². The number of rotatable bonds is 5. The van der Waals surface area contributed by atoms with Crippen LogP contribution in [0.4, 0.5) is 0 Å². The van der Waals surface area contributed by atoms with Gasteiger partial charge in [-0.1, -0.05) is 25.1 Å². The van der Waals surface area contributed by atoms with E-state index in [2.05, 4.69) is 6.07 Å². The van der Waals surface area contributed by atoms with Gasteiger partial charge in [0.25, 0.3) is 0 Å². The smallest absolute Gasteiger partial charge is 0.318 e. The van der Waals surface area contributed by atoms with Crippen LogP contribution in [0.25, 0.3) is 0 Å². The van der Waals surface area contributed by atoms with Gasteiger partial charge in [-0.25, -0.2) is 0 Å². The zero-order chi connectivity index (χ0) is 12.7. The summed E-state index contributed by atoms with van der Waals surface area (Å²) in [5, 5.41) is 8.78. The molecule has 0 aliphatic carbocycles. The van der Waals surface area contributed by atoms with E-state index in [9.17, 15) is 4.79 Å². The molecule has 17 heavy (non-hydrogen) atoms. The predicted octanol–water partition coefficient (Wildman–Crippen LogP) is 2.74. The normalized spacial score (nSPS) is 11.6. The second-order valence-corrected chi connectivity index (χ2v) is 4.69. The molecule has 1 aromatic carbocycles. The summed E-state index contributed by atoms with van der Waals surface area (Å²) in [5.74, 6) is 0.448. The molecule has 1 unspecified atom stereocenters. The van der Waals surface area contributed by atoms with Crippen molar-refractivity contribution in [3.8, 4) is 6.07 Å². The van der Waals surface area contributed by atoms with Gasteiger partial charge in [-0.3, -0.25) is 4.79 Å². The Morgan fingerprint density at radius 2 is 2.24 bits per heavy atom. The fourth-order valence-electron chi connectivity index (χ4n) is 1.43. The first kappa shape index (κ1) is 13.6. The molecule has 1 rings (SSSR count). The van der Waals surface area contributed by atoms with Gasteiger partial charge in [-0.05, 0) is 18.1 Å². The standard InChI is InChI=1S/C13H15NO2S/c1-3-12(13(15)16-2)17-9-11-7-5-4-6-10(11)8-14/h4-7,12H,3,9H2,1-2H3. The molecule has 0 N–H and O–H groups in total. The molecule has 0 radical (unpaired) electrons. The molecule has 0 saturated carbocycles. The summed E-state index contributed by atoms with van der Waals surface area (Å²) in [7, 11) is 1.40. The maximum atomic E-state index is 11.4. The van der Waals surface area contributed by atoms with Gasteiger partial charge in [0.05, 0.1) is 18.7 Å². The molecular formula is C13H15NO2S. The lowest BCUT2D eigenvalue weighted by Gasteiger charge is -2.12. The Morgan fingerprint density at radius 3 is 2.82 bits per heavy atom. The van der Waals surface area contributed by atoms with Crippen molar-refractivity contribution >= 4 is 17.7 Å². The lowest BCUT2D eigenvalue weighted by Crippen LogP contribution is -2.18. The van der Waals surface area contributed by atoms with Crippen LogP contribution in [0.2, 0.25) is 0 Å². The molecule has 0 amide bonds. The van der Waals surface area contributed by atoms with E-state index in [-0.39, 0.29) is 11.2 Å². The maximum Gasteiger partial charge on any atom is 0.318 e. The minimum Gasteiger partial charge on any atom is -0.468 e. The van der Waals surface area contributed by atoms with Crippen molar-refractivity contribution in [1.29, 1.82) is 5.26 Å². The first-order valence-corrected chi connectivity index (χ1v) is 6.45. The summed E-state index contributed by atoms with van der Waals surface area (Å²) >= 11 is 1.51. The van der Waals surface area contributed by atoms with Crippen molar-refractivity contribution in [1.82, 2.24) is 0 Å². The van der Waals surface area contributed by atoms with E-state index in [4.69, 9.17) is 10.00 Å². The largest absolute Gasteiger partial charge is 0.468 e. The second kappa shape index (κ2) is 6.97. The SMILES string of the molecule is CCC(SCc1ccccc1C#N)C(=O)OC. The predicted molar refractivity (Wildman–Crippen MR) is 68.5 cm³/mol. The van der Waals surface area contributed by atoms with E-state index in [1.807, 2.05) is 25.1 Å². The minimum atomic E-state index is -0.202. The number of esters is 1. The Labute approximate surface area is 106 Å². The molecule has 0 fully saturated rings. The highest BCUT2D eigenvalue weighted by Crippen LogP contribution is 2.23. The van der Waals surface area contributed by atoms with E-state index in [1.165, 1.54) is 18.9 Å². The van der Waals surface area contributed by atoms with E-state index >= 15 is 0 Å². The van der Waals surface area contributed by atoms with Crippen LogP contribution in [0.5, 0.6) is 0 Å². The maximum absolute atomic E-state index is 11.4. The lowest BCUT2D eigenvalue weighted by atomic mass is 10.1. The second-order valence-electron chi connectivity index (χ2n) is 3.50. The quantitative estimate of drug-likeness (QED) is 0.753. The van der Waals surface area contributed by atoms with Crippen LogP contribution >= 0.6 is 11.8 Å². The summed E-state index contributed by atoms with van der Waals surface area (Å²) in [6.07, 6.45) is 0.728.